The summed E-state index contributed by atoms with van der Waals surface area (Å²) < 4.78 is 10.6. The van der Waals surface area contributed by atoms with Gasteiger partial charge in [-0.2, -0.15) is 0 Å². The summed E-state index contributed by atoms with van der Waals surface area (Å²) in [6.45, 7) is 2.87. The monoisotopic (exact) mass is 422 g/mol. The molecule has 8 heteroatoms. The van der Waals surface area contributed by atoms with Crippen LogP contribution in [0, 0.1) is 0 Å². The molecule has 1 aliphatic rings. The SMILES string of the molecule is O=C(NCc1ccco1)C1CN(Cc2ccccc2)CCN1C(=O)NCc1ccco1. The molecule has 1 saturated heterocycles. The first-order valence-electron chi connectivity index (χ1n) is 10.3. The van der Waals surface area contributed by atoms with E-state index in [1.807, 2.05) is 18.2 Å². The molecule has 4 rings (SSSR count). The van der Waals surface area contributed by atoms with Crippen molar-refractivity contribution in [2.24, 2.45) is 0 Å². The smallest absolute Gasteiger partial charge is 0.318 e. The van der Waals surface area contributed by atoms with Gasteiger partial charge in [0.05, 0.1) is 25.6 Å². The number of amides is 3. The van der Waals surface area contributed by atoms with E-state index in [1.165, 1.54) is 5.56 Å². The van der Waals surface area contributed by atoms with Gasteiger partial charge in [0, 0.05) is 26.2 Å². The Morgan fingerprint density at radius 2 is 1.55 bits per heavy atom. The number of piperazine rings is 1. The van der Waals surface area contributed by atoms with E-state index >= 15 is 0 Å². The van der Waals surface area contributed by atoms with E-state index in [0.29, 0.717) is 31.2 Å². The number of rotatable bonds is 7. The lowest BCUT2D eigenvalue weighted by atomic mass is 10.1. The van der Waals surface area contributed by atoms with Crippen LogP contribution < -0.4 is 10.6 Å². The molecule has 31 heavy (non-hydrogen) atoms. The molecule has 1 aromatic carbocycles. The van der Waals surface area contributed by atoms with Crippen molar-refractivity contribution in [3.8, 4) is 0 Å². The second kappa shape index (κ2) is 9.99. The Morgan fingerprint density at radius 3 is 2.19 bits per heavy atom. The van der Waals surface area contributed by atoms with Crippen LogP contribution in [0.15, 0.2) is 76.0 Å². The van der Waals surface area contributed by atoms with Crippen molar-refractivity contribution >= 4 is 11.9 Å². The number of carbonyl (C=O) groups is 2. The first kappa shape index (κ1) is 20.7. The molecule has 1 unspecified atom stereocenters. The third-order valence-corrected chi connectivity index (χ3v) is 5.29. The van der Waals surface area contributed by atoms with Gasteiger partial charge in [-0.1, -0.05) is 30.3 Å². The summed E-state index contributed by atoms with van der Waals surface area (Å²) in [5.74, 6) is 1.12. The van der Waals surface area contributed by atoms with Crippen molar-refractivity contribution in [3.05, 3.63) is 84.2 Å². The number of nitrogens with one attached hydrogen (secondary N) is 2. The Labute approximate surface area is 180 Å². The highest BCUT2D eigenvalue weighted by atomic mass is 16.3. The lowest BCUT2D eigenvalue weighted by molar-refractivity contribution is -0.127. The highest BCUT2D eigenvalue weighted by molar-refractivity contribution is 5.87. The van der Waals surface area contributed by atoms with Gasteiger partial charge in [0.25, 0.3) is 0 Å². The second-order valence-corrected chi connectivity index (χ2v) is 7.47. The lowest BCUT2D eigenvalue weighted by Crippen LogP contribution is -2.62. The number of hydrogen-bond acceptors (Lipinski definition) is 5. The zero-order chi connectivity index (χ0) is 21.5. The Hall–Kier alpha value is -3.52. The maximum atomic E-state index is 13.0. The number of benzene rings is 1. The van der Waals surface area contributed by atoms with Crippen LogP contribution in [0.3, 0.4) is 0 Å². The number of nitrogens with zero attached hydrogens (tertiary/aromatic N) is 2. The molecule has 0 aliphatic carbocycles. The molecule has 8 nitrogen and oxygen atoms in total. The number of furan rings is 2. The van der Waals surface area contributed by atoms with Crippen molar-refractivity contribution in [2.45, 2.75) is 25.7 Å². The molecule has 2 aromatic heterocycles. The number of carbonyl (C=O) groups excluding carboxylic acids is 2. The molecule has 0 spiro atoms. The first-order chi connectivity index (χ1) is 15.2. The van der Waals surface area contributed by atoms with Gasteiger partial charge in [-0.15, -0.1) is 0 Å². The van der Waals surface area contributed by atoms with Crippen LogP contribution in [0.1, 0.15) is 17.1 Å². The predicted molar refractivity (Wildman–Crippen MR) is 114 cm³/mol. The average molecular weight is 422 g/mol. The maximum Gasteiger partial charge on any atom is 0.318 e. The summed E-state index contributed by atoms with van der Waals surface area (Å²) in [4.78, 5) is 29.7. The Balaban J connectivity index is 1.41. The standard InChI is InChI=1S/C23H26N4O4/c28-22(24-14-19-8-4-12-30-19)21-17-26(16-18-6-2-1-3-7-18)10-11-27(21)23(29)25-15-20-9-5-13-31-20/h1-9,12-13,21H,10-11,14-17H2,(H,24,28)(H,25,29). The quantitative estimate of drug-likeness (QED) is 0.611. The van der Waals surface area contributed by atoms with E-state index in [1.54, 1.807) is 41.7 Å². The minimum absolute atomic E-state index is 0.206. The maximum absolute atomic E-state index is 13.0. The zero-order valence-electron chi connectivity index (χ0n) is 17.2. The van der Waals surface area contributed by atoms with Crippen LogP contribution in [-0.4, -0.2) is 47.4 Å². The summed E-state index contributed by atoms with van der Waals surface area (Å²) in [5, 5.41) is 5.74. The van der Waals surface area contributed by atoms with E-state index in [2.05, 4.69) is 27.7 Å². The summed E-state index contributed by atoms with van der Waals surface area (Å²) >= 11 is 0. The van der Waals surface area contributed by atoms with Crippen molar-refractivity contribution in [1.82, 2.24) is 20.4 Å². The Kier molecular flexibility index (Phi) is 6.68. The molecule has 2 N–H and O–H groups in total. The normalized spacial score (nSPS) is 16.8. The van der Waals surface area contributed by atoms with E-state index < -0.39 is 6.04 Å². The van der Waals surface area contributed by atoms with Crippen LogP contribution >= 0.6 is 0 Å². The van der Waals surface area contributed by atoms with Gasteiger partial charge in [0.2, 0.25) is 5.91 Å². The van der Waals surface area contributed by atoms with E-state index in [4.69, 9.17) is 8.83 Å². The fourth-order valence-corrected chi connectivity index (χ4v) is 3.67. The molecule has 3 amide bonds. The van der Waals surface area contributed by atoms with Crippen molar-refractivity contribution in [1.29, 1.82) is 0 Å². The van der Waals surface area contributed by atoms with Crippen molar-refractivity contribution < 1.29 is 18.4 Å². The Morgan fingerprint density at radius 1 is 0.871 bits per heavy atom. The van der Waals surface area contributed by atoms with Crippen LogP contribution in [-0.2, 0) is 24.4 Å². The zero-order valence-corrected chi connectivity index (χ0v) is 17.2. The van der Waals surface area contributed by atoms with E-state index in [9.17, 15) is 9.59 Å². The molecule has 3 heterocycles. The van der Waals surface area contributed by atoms with Crippen LogP contribution in [0.25, 0.3) is 0 Å². The van der Waals surface area contributed by atoms with Crippen molar-refractivity contribution in [3.63, 3.8) is 0 Å². The van der Waals surface area contributed by atoms with Gasteiger partial charge < -0.3 is 24.4 Å². The van der Waals surface area contributed by atoms with Gasteiger partial charge in [-0.3, -0.25) is 9.69 Å². The van der Waals surface area contributed by atoms with Crippen molar-refractivity contribution in [2.75, 3.05) is 19.6 Å². The van der Waals surface area contributed by atoms with Crippen LogP contribution in [0.4, 0.5) is 4.79 Å². The van der Waals surface area contributed by atoms with Gasteiger partial charge in [0.1, 0.15) is 17.6 Å². The minimum atomic E-state index is -0.607. The molecule has 0 bridgehead atoms. The average Bonchev–Trinajstić information content (AvgIpc) is 3.51. The topological polar surface area (TPSA) is 91.0 Å². The minimum Gasteiger partial charge on any atom is -0.467 e. The predicted octanol–water partition coefficient (Wildman–Crippen LogP) is 2.59. The van der Waals surface area contributed by atoms with E-state index in [0.717, 1.165) is 6.54 Å². The highest BCUT2D eigenvalue weighted by Crippen LogP contribution is 2.15. The molecule has 1 aliphatic heterocycles. The number of urea groups is 1. The van der Waals surface area contributed by atoms with E-state index in [-0.39, 0.29) is 25.0 Å². The highest BCUT2D eigenvalue weighted by Gasteiger charge is 2.35. The number of hydrogen-bond donors (Lipinski definition) is 2. The van der Waals surface area contributed by atoms with Gasteiger partial charge in [-0.05, 0) is 29.8 Å². The molecule has 0 saturated carbocycles. The molecule has 1 fully saturated rings. The molecular formula is C23H26N4O4. The molecule has 162 valence electrons. The second-order valence-electron chi connectivity index (χ2n) is 7.47. The van der Waals surface area contributed by atoms with Gasteiger partial charge >= 0.3 is 6.03 Å². The summed E-state index contributed by atoms with van der Waals surface area (Å²) in [5.41, 5.74) is 1.17. The fourth-order valence-electron chi connectivity index (χ4n) is 3.67. The molecular weight excluding hydrogens is 396 g/mol. The Bertz CT molecular complexity index is 957. The molecule has 1 atom stereocenters. The first-order valence-corrected chi connectivity index (χ1v) is 10.3. The fraction of sp³-hybridized carbons (Fsp3) is 0.304. The third-order valence-electron chi connectivity index (χ3n) is 5.29. The lowest BCUT2D eigenvalue weighted by Gasteiger charge is -2.40. The van der Waals surface area contributed by atoms with Crippen LogP contribution in [0.2, 0.25) is 0 Å². The third kappa shape index (κ3) is 5.55. The summed E-state index contributed by atoms with van der Waals surface area (Å²) in [6, 6.07) is 16.4. The van der Waals surface area contributed by atoms with Crippen LogP contribution in [0.5, 0.6) is 0 Å². The van der Waals surface area contributed by atoms with Gasteiger partial charge in [-0.25, -0.2) is 4.79 Å². The largest absolute Gasteiger partial charge is 0.467 e. The summed E-state index contributed by atoms with van der Waals surface area (Å²) in [6.07, 6.45) is 3.13. The summed E-state index contributed by atoms with van der Waals surface area (Å²) in [7, 11) is 0. The molecule has 3 aromatic rings. The van der Waals surface area contributed by atoms with Gasteiger partial charge in [0.15, 0.2) is 0 Å². The molecule has 0 radical (unpaired) electrons.